The predicted molar refractivity (Wildman–Crippen MR) is 98.8 cm³/mol. The molecule has 0 saturated carbocycles. The van der Waals surface area contributed by atoms with Gasteiger partial charge in [-0.25, -0.2) is 9.59 Å². The molecule has 0 rings (SSSR count). The number of carbonyl (C=O) groups is 2. The second kappa shape index (κ2) is 11.8. The number of alkyl carbamates (subject to hydrolysis) is 2. The lowest BCUT2D eigenvalue weighted by Crippen LogP contribution is -2.55. The van der Waals surface area contributed by atoms with Crippen LogP contribution in [0.25, 0.3) is 0 Å². The molecule has 0 aliphatic rings. The van der Waals surface area contributed by atoms with Gasteiger partial charge in [0, 0.05) is 0 Å². The lowest BCUT2D eigenvalue weighted by atomic mass is 10.5. The summed E-state index contributed by atoms with van der Waals surface area (Å²) < 4.78 is 10.6. The largest absolute Gasteiger partial charge is 0.450 e. The Kier molecular flexibility index (Phi) is 12.0. The van der Waals surface area contributed by atoms with Gasteiger partial charge in [-0.05, 0) is 12.8 Å². The second-order valence-electron chi connectivity index (χ2n) is 4.54. The summed E-state index contributed by atoms with van der Waals surface area (Å²) in [5.41, 5.74) is 0. The summed E-state index contributed by atoms with van der Waals surface area (Å²) in [7, 11) is 0. The van der Waals surface area contributed by atoms with Gasteiger partial charge in [0.05, 0.1) is 13.2 Å². The highest BCUT2D eigenvalue weighted by Gasteiger charge is 2.43. The van der Waals surface area contributed by atoms with Crippen molar-refractivity contribution < 1.29 is 23.8 Å². The Balaban J connectivity index is 5.08. The fourth-order valence-corrected chi connectivity index (χ4v) is 1.84. The number of carbonyl (C=O) groups excluding carboxylic acids is 2. The quantitative estimate of drug-likeness (QED) is 0.388. The molecular weight excluding hydrogens is 465 g/mol. The molecular formula is C12H18Cl6N2O5. The Morgan fingerprint density at radius 1 is 0.800 bits per heavy atom. The number of alkyl halides is 6. The highest BCUT2D eigenvalue weighted by Crippen LogP contribution is 2.36. The molecule has 0 aliphatic heterocycles. The normalized spacial score (nSPS) is 14.4. The molecule has 0 bridgehead atoms. The van der Waals surface area contributed by atoms with Crippen LogP contribution < -0.4 is 10.6 Å². The fourth-order valence-electron chi connectivity index (χ4n) is 1.21. The maximum Gasteiger partial charge on any atom is 0.409 e. The Morgan fingerprint density at radius 3 is 1.36 bits per heavy atom. The van der Waals surface area contributed by atoms with Crippen molar-refractivity contribution in [2.75, 3.05) is 13.2 Å². The highest BCUT2D eigenvalue weighted by molar-refractivity contribution is 6.68. The number of amides is 2. The molecule has 7 nitrogen and oxygen atoms in total. The van der Waals surface area contributed by atoms with Gasteiger partial charge in [-0.1, -0.05) is 83.5 Å². The number of hydrogen-bond acceptors (Lipinski definition) is 5. The van der Waals surface area contributed by atoms with Crippen molar-refractivity contribution >= 4 is 81.8 Å². The van der Waals surface area contributed by atoms with E-state index in [-0.39, 0.29) is 13.2 Å². The molecule has 0 spiro atoms. The molecule has 2 amide bonds. The first-order valence-electron chi connectivity index (χ1n) is 7.07. The average molecular weight is 483 g/mol. The third-order valence-corrected chi connectivity index (χ3v) is 3.43. The van der Waals surface area contributed by atoms with E-state index in [1.165, 1.54) is 0 Å². The number of nitrogens with one attached hydrogen (secondary N) is 2. The van der Waals surface area contributed by atoms with Crippen LogP contribution in [0, 0.1) is 0 Å². The van der Waals surface area contributed by atoms with Crippen LogP contribution in [0.15, 0.2) is 0 Å². The summed E-state index contributed by atoms with van der Waals surface area (Å²) in [6.45, 7) is 3.85. The van der Waals surface area contributed by atoms with E-state index in [1.54, 1.807) is 13.8 Å². The Hall–Kier alpha value is 0.240. The molecule has 0 aromatic heterocycles. The zero-order chi connectivity index (χ0) is 19.7. The van der Waals surface area contributed by atoms with E-state index in [0.717, 1.165) is 0 Å². The van der Waals surface area contributed by atoms with Crippen molar-refractivity contribution in [3.63, 3.8) is 0 Å². The van der Waals surface area contributed by atoms with Crippen LogP contribution in [0.3, 0.4) is 0 Å². The van der Waals surface area contributed by atoms with Gasteiger partial charge in [0.2, 0.25) is 7.59 Å². The fraction of sp³-hybridized carbons (Fsp3) is 0.833. The van der Waals surface area contributed by atoms with Gasteiger partial charge in [-0.15, -0.1) is 0 Å². The predicted octanol–water partition coefficient (Wildman–Crippen LogP) is 4.67. The smallest absolute Gasteiger partial charge is 0.409 e. The lowest BCUT2D eigenvalue weighted by Gasteiger charge is -2.32. The first-order valence-corrected chi connectivity index (χ1v) is 9.34. The molecule has 0 fully saturated rings. The SMILES string of the molecule is CCCOC(=O)NC(OC(NC(=O)OCCC)C(Cl)(Cl)Cl)C(Cl)(Cl)Cl. The molecule has 2 N–H and O–H groups in total. The van der Waals surface area contributed by atoms with E-state index in [0.29, 0.717) is 12.8 Å². The third-order valence-electron chi connectivity index (χ3n) is 2.24. The van der Waals surface area contributed by atoms with Crippen molar-refractivity contribution in [3.05, 3.63) is 0 Å². The summed E-state index contributed by atoms with van der Waals surface area (Å²) in [5, 5.41) is 4.33. The summed E-state index contributed by atoms with van der Waals surface area (Å²) >= 11 is 34.5. The molecule has 0 radical (unpaired) electrons. The van der Waals surface area contributed by atoms with E-state index < -0.39 is 32.2 Å². The van der Waals surface area contributed by atoms with E-state index in [2.05, 4.69) is 10.6 Å². The van der Waals surface area contributed by atoms with Crippen molar-refractivity contribution in [3.8, 4) is 0 Å². The number of hydrogen-bond donors (Lipinski definition) is 2. The average Bonchev–Trinajstić information content (AvgIpc) is 2.47. The van der Waals surface area contributed by atoms with Crippen LogP contribution in [0.4, 0.5) is 9.59 Å². The summed E-state index contributed by atoms with van der Waals surface area (Å²) in [6, 6.07) is 0. The van der Waals surface area contributed by atoms with Gasteiger partial charge < -0.3 is 14.2 Å². The van der Waals surface area contributed by atoms with Crippen LogP contribution in [-0.2, 0) is 14.2 Å². The zero-order valence-electron chi connectivity index (χ0n) is 13.3. The monoisotopic (exact) mass is 480 g/mol. The van der Waals surface area contributed by atoms with E-state index >= 15 is 0 Å². The Bertz CT molecular complexity index is 391. The molecule has 13 heteroatoms. The third kappa shape index (κ3) is 11.5. The maximum atomic E-state index is 11.7. The standard InChI is InChI=1S/C12H18Cl6N2O5/c1-3-5-23-9(21)19-7(11(13,14)15)25-8(12(16,17)18)20-10(22)24-6-4-2/h7-8H,3-6H2,1-2H3,(H,19,21)(H,20,22). The van der Waals surface area contributed by atoms with Gasteiger partial charge in [-0.3, -0.25) is 10.6 Å². The summed E-state index contributed by atoms with van der Waals surface area (Å²) in [6.07, 6.45) is -3.89. The molecule has 0 aliphatic carbocycles. The minimum absolute atomic E-state index is 0.133. The molecule has 148 valence electrons. The number of halogens is 6. The first kappa shape index (κ1) is 25.2. The van der Waals surface area contributed by atoms with Crippen LogP contribution in [-0.4, -0.2) is 45.4 Å². The molecule has 0 aromatic carbocycles. The molecule has 0 aromatic rings. The van der Waals surface area contributed by atoms with Crippen LogP contribution in [0.1, 0.15) is 26.7 Å². The zero-order valence-corrected chi connectivity index (χ0v) is 17.8. The van der Waals surface area contributed by atoms with Crippen molar-refractivity contribution in [2.24, 2.45) is 0 Å². The molecule has 2 atom stereocenters. The topological polar surface area (TPSA) is 85.9 Å². The minimum atomic E-state index is -2.16. The van der Waals surface area contributed by atoms with E-state index in [4.69, 9.17) is 83.8 Å². The number of rotatable bonds is 8. The van der Waals surface area contributed by atoms with E-state index in [1.807, 2.05) is 0 Å². The Labute approximate surface area is 175 Å². The van der Waals surface area contributed by atoms with Crippen LogP contribution in [0.5, 0.6) is 0 Å². The maximum absolute atomic E-state index is 11.7. The number of ether oxygens (including phenoxy) is 3. The van der Waals surface area contributed by atoms with Gasteiger partial charge in [0.25, 0.3) is 0 Å². The molecule has 2 unspecified atom stereocenters. The summed E-state index contributed by atoms with van der Waals surface area (Å²) in [4.78, 5) is 23.3. The highest BCUT2D eigenvalue weighted by atomic mass is 35.6. The Morgan fingerprint density at radius 2 is 1.12 bits per heavy atom. The molecule has 25 heavy (non-hydrogen) atoms. The van der Waals surface area contributed by atoms with Gasteiger partial charge >= 0.3 is 12.2 Å². The van der Waals surface area contributed by atoms with Crippen molar-refractivity contribution in [2.45, 2.75) is 46.7 Å². The van der Waals surface area contributed by atoms with E-state index in [9.17, 15) is 9.59 Å². The first-order chi connectivity index (χ1) is 11.4. The van der Waals surface area contributed by atoms with Gasteiger partial charge in [0.1, 0.15) is 0 Å². The van der Waals surface area contributed by atoms with Crippen molar-refractivity contribution in [1.82, 2.24) is 10.6 Å². The van der Waals surface area contributed by atoms with Crippen LogP contribution >= 0.6 is 69.6 Å². The van der Waals surface area contributed by atoms with Crippen LogP contribution in [0.2, 0.25) is 0 Å². The summed E-state index contributed by atoms with van der Waals surface area (Å²) in [5.74, 6) is 0. The lowest BCUT2D eigenvalue weighted by molar-refractivity contribution is -0.0395. The minimum Gasteiger partial charge on any atom is -0.450 e. The second-order valence-corrected chi connectivity index (χ2v) is 9.28. The van der Waals surface area contributed by atoms with Crippen molar-refractivity contribution in [1.29, 1.82) is 0 Å². The molecule has 0 saturated heterocycles. The molecule has 0 heterocycles. The van der Waals surface area contributed by atoms with Gasteiger partial charge in [-0.2, -0.15) is 0 Å². The van der Waals surface area contributed by atoms with Gasteiger partial charge in [0.15, 0.2) is 12.5 Å².